The van der Waals surface area contributed by atoms with Crippen molar-refractivity contribution in [2.24, 2.45) is 0 Å². The molecule has 1 fully saturated rings. The molecule has 0 aliphatic carbocycles. The quantitative estimate of drug-likeness (QED) is 0.876. The molecule has 0 spiro atoms. The Labute approximate surface area is 127 Å². The van der Waals surface area contributed by atoms with Crippen LogP contribution in [0.3, 0.4) is 0 Å². The minimum atomic E-state index is -0.649. The lowest BCUT2D eigenvalue weighted by atomic mass is 10.1. The molecule has 1 heterocycles. The molecule has 1 aromatic rings. The van der Waals surface area contributed by atoms with Crippen LogP contribution in [0.25, 0.3) is 0 Å². The van der Waals surface area contributed by atoms with Gasteiger partial charge in [-0.05, 0) is 25.1 Å². The predicted molar refractivity (Wildman–Crippen MR) is 77.8 cm³/mol. The highest BCUT2D eigenvalue weighted by atomic mass is 35.5. The molecule has 1 atom stereocenters. The minimum Gasteiger partial charge on any atom is -0.355 e. The first kappa shape index (κ1) is 15.7. The Balaban J connectivity index is 2.26. The Bertz CT molecular complexity index is 553. The van der Waals surface area contributed by atoms with Crippen molar-refractivity contribution in [2.75, 3.05) is 26.2 Å². The molecule has 0 bridgehead atoms. The van der Waals surface area contributed by atoms with Gasteiger partial charge in [0.15, 0.2) is 0 Å². The number of nitrogens with zero attached hydrogens (tertiary/aromatic N) is 1. The summed E-state index contributed by atoms with van der Waals surface area (Å²) in [6.07, 6.45) is 0. The first-order valence-electron chi connectivity index (χ1n) is 6.79. The Kier molecular flexibility index (Phi) is 5.14. The van der Waals surface area contributed by atoms with Crippen LogP contribution >= 0.6 is 11.6 Å². The maximum absolute atomic E-state index is 13.8. The highest BCUT2D eigenvalue weighted by Gasteiger charge is 2.33. The number of carbonyl (C=O) groups excluding carboxylic acids is 2. The number of rotatable bonds is 3. The molecule has 114 valence electrons. The summed E-state index contributed by atoms with van der Waals surface area (Å²) < 4.78 is 13.8. The van der Waals surface area contributed by atoms with Crippen molar-refractivity contribution >= 4 is 23.4 Å². The molecule has 5 nitrogen and oxygen atoms in total. The lowest BCUT2D eigenvalue weighted by molar-refractivity contribution is -0.126. The van der Waals surface area contributed by atoms with Crippen LogP contribution in [0.1, 0.15) is 17.3 Å². The van der Waals surface area contributed by atoms with Crippen molar-refractivity contribution in [3.63, 3.8) is 0 Å². The molecule has 0 radical (unpaired) electrons. The maximum atomic E-state index is 13.8. The summed E-state index contributed by atoms with van der Waals surface area (Å²) in [4.78, 5) is 25.9. The molecule has 7 heteroatoms. The van der Waals surface area contributed by atoms with Crippen molar-refractivity contribution in [1.29, 1.82) is 0 Å². The van der Waals surface area contributed by atoms with Gasteiger partial charge < -0.3 is 15.5 Å². The Morgan fingerprint density at radius 2 is 2.29 bits per heavy atom. The fourth-order valence-electron chi connectivity index (χ4n) is 2.29. The van der Waals surface area contributed by atoms with Gasteiger partial charge in [-0.3, -0.25) is 9.59 Å². The van der Waals surface area contributed by atoms with Crippen LogP contribution in [0.5, 0.6) is 0 Å². The third-order valence-corrected chi connectivity index (χ3v) is 3.55. The Morgan fingerprint density at radius 1 is 1.52 bits per heavy atom. The van der Waals surface area contributed by atoms with Crippen molar-refractivity contribution in [3.8, 4) is 0 Å². The molecule has 1 unspecified atom stereocenters. The van der Waals surface area contributed by atoms with E-state index in [1.165, 1.54) is 17.0 Å². The van der Waals surface area contributed by atoms with Gasteiger partial charge in [-0.15, -0.1) is 0 Å². The van der Waals surface area contributed by atoms with Crippen LogP contribution in [0.2, 0.25) is 5.02 Å². The fourth-order valence-corrected chi connectivity index (χ4v) is 2.46. The van der Waals surface area contributed by atoms with Crippen LogP contribution in [-0.4, -0.2) is 48.9 Å². The van der Waals surface area contributed by atoms with E-state index in [-0.39, 0.29) is 16.5 Å². The van der Waals surface area contributed by atoms with Crippen LogP contribution in [-0.2, 0) is 4.79 Å². The molecule has 0 saturated carbocycles. The zero-order valence-electron chi connectivity index (χ0n) is 11.7. The van der Waals surface area contributed by atoms with Gasteiger partial charge in [0.25, 0.3) is 5.91 Å². The molecular formula is C14H17ClFN3O2. The molecular weight excluding hydrogens is 297 g/mol. The van der Waals surface area contributed by atoms with E-state index in [2.05, 4.69) is 10.6 Å². The minimum absolute atomic E-state index is 0.112. The van der Waals surface area contributed by atoms with Crippen molar-refractivity contribution in [1.82, 2.24) is 15.5 Å². The zero-order valence-corrected chi connectivity index (χ0v) is 12.4. The lowest BCUT2D eigenvalue weighted by Crippen LogP contribution is -2.59. The summed E-state index contributed by atoms with van der Waals surface area (Å²) in [5.74, 6) is -1.41. The van der Waals surface area contributed by atoms with Gasteiger partial charge in [-0.2, -0.15) is 0 Å². The monoisotopic (exact) mass is 313 g/mol. The van der Waals surface area contributed by atoms with E-state index in [0.29, 0.717) is 26.2 Å². The maximum Gasteiger partial charge on any atom is 0.257 e. The van der Waals surface area contributed by atoms with E-state index < -0.39 is 17.8 Å². The lowest BCUT2D eigenvalue weighted by Gasteiger charge is -2.35. The van der Waals surface area contributed by atoms with Crippen LogP contribution in [0.15, 0.2) is 18.2 Å². The van der Waals surface area contributed by atoms with Gasteiger partial charge in [0, 0.05) is 31.2 Å². The number of halogens is 2. The predicted octanol–water partition coefficient (Wildman–Crippen LogP) is 1.03. The summed E-state index contributed by atoms with van der Waals surface area (Å²) in [5.41, 5.74) is -0.112. The molecule has 1 aromatic carbocycles. The number of carbonyl (C=O) groups is 2. The summed E-state index contributed by atoms with van der Waals surface area (Å²) in [6, 6.07) is 3.17. The molecule has 1 aliphatic rings. The van der Waals surface area contributed by atoms with Gasteiger partial charge >= 0.3 is 0 Å². The number of piperazine rings is 1. The number of amides is 2. The first-order chi connectivity index (χ1) is 10.0. The number of likely N-dealkylation sites (N-methyl/N-ethyl adjacent to an activating group) is 1. The summed E-state index contributed by atoms with van der Waals surface area (Å²) in [7, 11) is 0. The third kappa shape index (κ3) is 3.51. The Hall–Kier alpha value is -1.66. The second-order valence-corrected chi connectivity index (χ2v) is 5.17. The van der Waals surface area contributed by atoms with E-state index >= 15 is 0 Å². The highest BCUT2D eigenvalue weighted by molar-refractivity contribution is 6.31. The van der Waals surface area contributed by atoms with E-state index in [1.807, 2.05) is 0 Å². The largest absolute Gasteiger partial charge is 0.355 e. The average molecular weight is 314 g/mol. The normalized spacial score (nSPS) is 18.4. The molecule has 2 N–H and O–H groups in total. The van der Waals surface area contributed by atoms with Gasteiger partial charge in [-0.25, -0.2) is 4.39 Å². The van der Waals surface area contributed by atoms with Crippen molar-refractivity contribution in [3.05, 3.63) is 34.6 Å². The first-order valence-corrected chi connectivity index (χ1v) is 7.16. The van der Waals surface area contributed by atoms with E-state index in [1.54, 1.807) is 6.92 Å². The third-order valence-electron chi connectivity index (χ3n) is 3.32. The standard InChI is InChI=1S/C14H17ClFN3O2/c1-2-18-13(20)12-8-17-5-6-19(12)14(21)10-7-9(15)3-4-11(10)16/h3-4,7,12,17H,2,5-6,8H2,1H3,(H,18,20). The number of benzene rings is 1. The average Bonchev–Trinajstić information content (AvgIpc) is 2.49. The Morgan fingerprint density at radius 3 is 3.00 bits per heavy atom. The van der Waals surface area contributed by atoms with E-state index in [0.717, 1.165) is 6.07 Å². The molecule has 0 aromatic heterocycles. The van der Waals surface area contributed by atoms with E-state index in [9.17, 15) is 14.0 Å². The SMILES string of the molecule is CCNC(=O)C1CNCCN1C(=O)c1cc(Cl)ccc1F. The van der Waals surface area contributed by atoms with Crippen molar-refractivity contribution in [2.45, 2.75) is 13.0 Å². The van der Waals surface area contributed by atoms with Gasteiger partial charge in [0.05, 0.1) is 5.56 Å². The fraction of sp³-hybridized carbons (Fsp3) is 0.429. The smallest absolute Gasteiger partial charge is 0.257 e. The molecule has 1 saturated heterocycles. The van der Waals surface area contributed by atoms with Crippen LogP contribution in [0.4, 0.5) is 4.39 Å². The van der Waals surface area contributed by atoms with Crippen LogP contribution in [0, 0.1) is 5.82 Å². The van der Waals surface area contributed by atoms with Gasteiger partial charge in [0.2, 0.25) is 5.91 Å². The van der Waals surface area contributed by atoms with Gasteiger partial charge in [0.1, 0.15) is 11.9 Å². The van der Waals surface area contributed by atoms with E-state index in [4.69, 9.17) is 11.6 Å². The topological polar surface area (TPSA) is 61.4 Å². The molecule has 21 heavy (non-hydrogen) atoms. The highest BCUT2D eigenvalue weighted by Crippen LogP contribution is 2.18. The van der Waals surface area contributed by atoms with Gasteiger partial charge in [-0.1, -0.05) is 11.6 Å². The summed E-state index contributed by atoms with van der Waals surface area (Å²) >= 11 is 5.82. The molecule has 2 rings (SSSR count). The van der Waals surface area contributed by atoms with Crippen molar-refractivity contribution < 1.29 is 14.0 Å². The molecule has 1 aliphatic heterocycles. The number of hydrogen-bond donors (Lipinski definition) is 2. The molecule has 2 amide bonds. The number of hydrogen-bond acceptors (Lipinski definition) is 3. The zero-order chi connectivity index (χ0) is 15.4. The summed E-state index contributed by atoms with van der Waals surface area (Å²) in [6.45, 7) is 3.52. The number of nitrogens with one attached hydrogen (secondary N) is 2. The summed E-state index contributed by atoms with van der Waals surface area (Å²) in [5, 5.41) is 6.03. The van der Waals surface area contributed by atoms with Crippen LogP contribution < -0.4 is 10.6 Å². The second kappa shape index (κ2) is 6.87. The second-order valence-electron chi connectivity index (χ2n) is 4.74.